The van der Waals surface area contributed by atoms with E-state index in [9.17, 15) is 0 Å². The molecule has 0 aromatic carbocycles. The van der Waals surface area contributed by atoms with Crippen LogP contribution in [-0.4, -0.2) is 6.61 Å². The highest BCUT2D eigenvalue weighted by Crippen LogP contribution is 2.05. The van der Waals surface area contributed by atoms with Crippen molar-refractivity contribution in [3.63, 3.8) is 0 Å². The van der Waals surface area contributed by atoms with E-state index < -0.39 is 0 Å². The summed E-state index contributed by atoms with van der Waals surface area (Å²) in [6.45, 7) is 0.662. The Labute approximate surface area is 48.1 Å². The van der Waals surface area contributed by atoms with Crippen LogP contribution < -0.4 is 0 Å². The van der Waals surface area contributed by atoms with Gasteiger partial charge in [-0.3, -0.25) is 0 Å². The zero-order valence-electron chi connectivity index (χ0n) is 3.79. The molecule has 0 atom stereocenters. The third-order valence-electron chi connectivity index (χ3n) is 0.702. The molecule has 38 valence electrons. The molecule has 1 nitrogen and oxygen atoms in total. The van der Waals surface area contributed by atoms with Gasteiger partial charge in [-0.1, -0.05) is 6.08 Å². The summed E-state index contributed by atoms with van der Waals surface area (Å²) in [7, 11) is 0. The summed E-state index contributed by atoms with van der Waals surface area (Å²) in [5.41, 5.74) is 0. The van der Waals surface area contributed by atoms with E-state index in [2.05, 4.69) is 12.6 Å². The second-order valence-electron chi connectivity index (χ2n) is 1.24. The highest BCUT2D eigenvalue weighted by Gasteiger charge is 1.88. The van der Waals surface area contributed by atoms with Crippen LogP contribution in [0.25, 0.3) is 0 Å². The molecule has 0 N–H and O–H groups in total. The molecule has 0 amide bonds. The molecule has 0 saturated carbocycles. The van der Waals surface area contributed by atoms with Crippen molar-refractivity contribution in [2.24, 2.45) is 0 Å². The zero-order chi connectivity index (χ0) is 5.11. The molecule has 1 heterocycles. The topological polar surface area (TPSA) is 9.23 Å². The Hall–Kier alpha value is -0.370. The molecule has 0 bridgehead atoms. The smallest absolute Gasteiger partial charge is 0.150 e. The van der Waals surface area contributed by atoms with E-state index in [0.717, 1.165) is 0 Å². The molecule has 1 aliphatic heterocycles. The second kappa shape index (κ2) is 2.07. The molecule has 1 rings (SSSR count). The molecule has 0 radical (unpaired) electrons. The van der Waals surface area contributed by atoms with Gasteiger partial charge in [0.1, 0.15) is 6.61 Å². The Kier molecular flexibility index (Phi) is 1.42. The predicted molar refractivity (Wildman–Crippen MR) is 32.2 cm³/mol. The Morgan fingerprint density at radius 3 is 2.86 bits per heavy atom. The van der Waals surface area contributed by atoms with Crippen molar-refractivity contribution in [2.75, 3.05) is 6.61 Å². The maximum atomic E-state index is 4.92. The van der Waals surface area contributed by atoms with Crippen molar-refractivity contribution in [2.45, 2.75) is 0 Å². The van der Waals surface area contributed by atoms with Gasteiger partial charge in [0, 0.05) is 0 Å². The monoisotopic (exact) mass is 114 g/mol. The first-order valence-electron chi connectivity index (χ1n) is 2.08. The van der Waals surface area contributed by atoms with Crippen molar-refractivity contribution in [3.8, 4) is 0 Å². The first kappa shape index (κ1) is 4.78. The largest absolute Gasteiger partial charge is 0.484 e. The van der Waals surface area contributed by atoms with E-state index in [1.54, 1.807) is 0 Å². The summed E-state index contributed by atoms with van der Waals surface area (Å²) < 4.78 is 4.92. The lowest BCUT2D eigenvalue weighted by atomic mass is 10.4. The van der Waals surface area contributed by atoms with Crippen molar-refractivity contribution < 1.29 is 4.74 Å². The lowest BCUT2D eigenvalue weighted by Gasteiger charge is -2.02. The molecule has 0 spiro atoms. The molecule has 0 fully saturated rings. The normalized spacial score (nSPS) is 18.1. The summed E-state index contributed by atoms with van der Waals surface area (Å²) in [4.78, 5) is 0. The molecular formula is C5H6OS. The van der Waals surface area contributed by atoms with Gasteiger partial charge in [0.25, 0.3) is 0 Å². The SMILES string of the molecule is SC1=CC=CCO1. The van der Waals surface area contributed by atoms with E-state index in [0.29, 0.717) is 11.7 Å². The number of allylic oxidation sites excluding steroid dienone is 2. The molecule has 0 saturated heterocycles. The molecule has 0 unspecified atom stereocenters. The summed E-state index contributed by atoms with van der Waals surface area (Å²) >= 11 is 3.95. The van der Waals surface area contributed by atoms with Gasteiger partial charge in [-0.05, 0) is 12.2 Å². The number of hydrogen-bond acceptors (Lipinski definition) is 2. The number of ether oxygens (including phenoxy) is 1. The van der Waals surface area contributed by atoms with E-state index in [4.69, 9.17) is 4.74 Å². The highest BCUT2D eigenvalue weighted by atomic mass is 32.1. The van der Waals surface area contributed by atoms with Gasteiger partial charge in [0.2, 0.25) is 0 Å². The molecule has 7 heavy (non-hydrogen) atoms. The fourth-order valence-corrected chi connectivity index (χ4v) is 0.548. The van der Waals surface area contributed by atoms with Crippen molar-refractivity contribution in [1.29, 1.82) is 0 Å². The van der Waals surface area contributed by atoms with Crippen LogP contribution in [0.3, 0.4) is 0 Å². The third kappa shape index (κ3) is 1.27. The van der Waals surface area contributed by atoms with Crippen molar-refractivity contribution >= 4 is 12.6 Å². The first-order chi connectivity index (χ1) is 3.39. The van der Waals surface area contributed by atoms with E-state index in [-0.39, 0.29) is 0 Å². The Bertz CT molecular complexity index is 115. The van der Waals surface area contributed by atoms with Crippen molar-refractivity contribution in [1.82, 2.24) is 0 Å². The highest BCUT2D eigenvalue weighted by molar-refractivity contribution is 7.84. The van der Waals surface area contributed by atoms with E-state index in [1.807, 2.05) is 18.2 Å². The molecule has 0 aromatic rings. The molecule has 2 heteroatoms. The van der Waals surface area contributed by atoms with E-state index in [1.165, 1.54) is 0 Å². The minimum absolute atomic E-state index is 0.662. The Morgan fingerprint density at radius 2 is 2.57 bits per heavy atom. The molecule has 0 aromatic heterocycles. The Balaban J connectivity index is 2.57. The van der Waals surface area contributed by atoms with Gasteiger partial charge >= 0.3 is 0 Å². The standard InChI is InChI=1S/C5H6OS/c7-5-3-1-2-4-6-5/h1-3,7H,4H2. The summed E-state index contributed by atoms with van der Waals surface area (Å²) in [6.07, 6.45) is 5.66. The van der Waals surface area contributed by atoms with Crippen molar-refractivity contribution in [3.05, 3.63) is 23.3 Å². The van der Waals surface area contributed by atoms with Crippen LogP contribution in [0.1, 0.15) is 0 Å². The van der Waals surface area contributed by atoms with Crippen LogP contribution in [-0.2, 0) is 4.74 Å². The van der Waals surface area contributed by atoms with Gasteiger partial charge in [0.15, 0.2) is 5.09 Å². The van der Waals surface area contributed by atoms with Gasteiger partial charge in [-0.15, -0.1) is 12.6 Å². The lowest BCUT2D eigenvalue weighted by molar-refractivity contribution is 0.274. The number of thiol groups is 1. The van der Waals surface area contributed by atoms with Crippen LogP contribution in [0.5, 0.6) is 0 Å². The fraction of sp³-hybridized carbons (Fsp3) is 0.200. The Morgan fingerprint density at radius 1 is 1.71 bits per heavy atom. The lowest BCUT2D eigenvalue weighted by Crippen LogP contribution is -1.88. The average molecular weight is 114 g/mol. The summed E-state index contributed by atoms with van der Waals surface area (Å²) in [5, 5.41) is 0.697. The van der Waals surface area contributed by atoms with Gasteiger partial charge in [-0.25, -0.2) is 0 Å². The maximum absolute atomic E-state index is 4.92. The molecular weight excluding hydrogens is 108 g/mol. The first-order valence-corrected chi connectivity index (χ1v) is 2.53. The van der Waals surface area contributed by atoms with E-state index >= 15 is 0 Å². The van der Waals surface area contributed by atoms with Gasteiger partial charge < -0.3 is 4.74 Å². The van der Waals surface area contributed by atoms with Crippen LogP contribution in [0.15, 0.2) is 23.3 Å². The minimum Gasteiger partial charge on any atom is -0.484 e. The summed E-state index contributed by atoms with van der Waals surface area (Å²) in [5.74, 6) is 0. The molecule has 1 aliphatic rings. The zero-order valence-corrected chi connectivity index (χ0v) is 4.69. The number of rotatable bonds is 0. The third-order valence-corrected chi connectivity index (χ3v) is 0.980. The van der Waals surface area contributed by atoms with Gasteiger partial charge in [-0.2, -0.15) is 0 Å². The minimum atomic E-state index is 0.662. The summed E-state index contributed by atoms with van der Waals surface area (Å²) in [6, 6.07) is 0. The second-order valence-corrected chi connectivity index (χ2v) is 1.68. The number of hydrogen-bond donors (Lipinski definition) is 1. The molecule has 0 aliphatic carbocycles. The fourth-order valence-electron chi connectivity index (χ4n) is 0.388. The van der Waals surface area contributed by atoms with Crippen LogP contribution >= 0.6 is 12.6 Å². The average Bonchev–Trinajstić information content (AvgIpc) is 1.69. The quantitative estimate of drug-likeness (QED) is 0.467. The van der Waals surface area contributed by atoms with Crippen LogP contribution in [0.2, 0.25) is 0 Å². The van der Waals surface area contributed by atoms with Gasteiger partial charge in [0.05, 0.1) is 0 Å². The van der Waals surface area contributed by atoms with Crippen LogP contribution in [0, 0.1) is 0 Å². The maximum Gasteiger partial charge on any atom is 0.150 e. The van der Waals surface area contributed by atoms with Crippen LogP contribution in [0.4, 0.5) is 0 Å². The predicted octanol–water partition coefficient (Wildman–Crippen LogP) is 1.34.